The number of aromatic nitrogens is 3. The highest BCUT2D eigenvalue weighted by Gasteiger charge is 2.16. The minimum Gasteiger partial charge on any atom is -0.422 e. The van der Waals surface area contributed by atoms with Crippen LogP contribution in [0.2, 0.25) is 0 Å². The molecule has 0 bridgehead atoms. The first-order valence-electron chi connectivity index (χ1n) is 8.27. The lowest BCUT2D eigenvalue weighted by Gasteiger charge is -2.09. The number of nitrogens with one attached hydrogen (secondary N) is 1. The highest BCUT2D eigenvalue weighted by atomic mass is 16.4. The number of para-hydroxylation sites is 1. The number of pyridine rings is 1. The van der Waals surface area contributed by atoms with E-state index >= 15 is 0 Å². The number of nitrogens with zero attached hydrogens (tertiary/aromatic N) is 3. The molecule has 0 spiro atoms. The van der Waals surface area contributed by atoms with Gasteiger partial charge >= 0.3 is 11.3 Å². The van der Waals surface area contributed by atoms with E-state index in [0.29, 0.717) is 11.0 Å². The van der Waals surface area contributed by atoms with Crippen molar-refractivity contribution in [1.82, 2.24) is 14.1 Å². The third-order valence-electron chi connectivity index (χ3n) is 4.44. The van der Waals surface area contributed by atoms with E-state index in [1.807, 2.05) is 0 Å². The van der Waals surface area contributed by atoms with E-state index in [9.17, 15) is 19.2 Å². The molecule has 0 unspecified atom stereocenters. The van der Waals surface area contributed by atoms with Gasteiger partial charge in [0.1, 0.15) is 16.8 Å². The summed E-state index contributed by atoms with van der Waals surface area (Å²) in [4.78, 5) is 53.1. The van der Waals surface area contributed by atoms with Crippen molar-refractivity contribution in [2.24, 2.45) is 14.1 Å². The van der Waals surface area contributed by atoms with Crippen molar-refractivity contribution in [2.75, 3.05) is 5.32 Å². The monoisotopic (exact) mass is 378 g/mol. The smallest absolute Gasteiger partial charge is 0.349 e. The van der Waals surface area contributed by atoms with E-state index in [0.717, 1.165) is 4.57 Å². The average molecular weight is 378 g/mol. The molecular formula is C19H14N4O5. The number of hydrogen-bond donors (Lipinski definition) is 1. The van der Waals surface area contributed by atoms with Crippen LogP contribution in [0.1, 0.15) is 10.4 Å². The largest absolute Gasteiger partial charge is 0.422 e. The Bertz CT molecular complexity index is 1450. The molecule has 4 aromatic rings. The number of rotatable bonds is 2. The molecule has 140 valence electrons. The summed E-state index contributed by atoms with van der Waals surface area (Å²) in [5.74, 6) is -0.692. The van der Waals surface area contributed by atoms with Crippen LogP contribution in [0, 0.1) is 0 Å². The molecule has 0 fully saturated rings. The lowest BCUT2D eigenvalue weighted by atomic mass is 10.2. The summed E-state index contributed by atoms with van der Waals surface area (Å²) >= 11 is 0. The van der Waals surface area contributed by atoms with Crippen LogP contribution >= 0.6 is 0 Å². The second-order valence-corrected chi connectivity index (χ2v) is 6.24. The maximum absolute atomic E-state index is 12.6. The topological polar surface area (TPSA) is 116 Å². The zero-order valence-corrected chi connectivity index (χ0v) is 14.9. The Morgan fingerprint density at radius 2 is 1.82 bits per heavy atom. The molecule has 0 radical (unpaired) electrons. The molecule has 0 aliphatic heterocycles. The summed E-state index contributed by atoms with van der Waals surface area (Å²) in [5, 5.41) is 3.30. The molecule has 1 N–H and O–H groups in total. The van der Waals surface area contributed by atoms with Gasteiger partial charge in [0.05, 0.1) is 17.3 Å². The van der Waals surface area contributed by atoms with E-state index < -0.39 is 22.8 Å². The molecule has 28 heavy (non-hydrogen) atoms. The fourth-order valence-corrected chi connectivity index (χ4v) is 2.95. The normalized spacial score (nSPS) is 11.1. The molecule has 3 aromatic heterocycles. The van der Waals surface area contributed by atoms with Crippen LogP contribution in [0.4, 0.5) is 5.69 Å². The maximum Gasteiger partial charge on any atom is 0.349 e. The lowest BCUT2D eigenvalue weighted by molar-refractivity contribution is 0.102. The zero-order valence-electron chi connectivity index (χ0n) is 14.9. The summed E-state index contributed by atoms with van der Waals surface area (Å²) in [6.07, 6.45) is 1.31. The van der Waals surface area contributed by atoms with E-state index in [1.165, 1.54) is 37.0 Å². The number of fused-ring (bicyclic) bond motifs is 2. The summed E-state index contributed by atoms with van der Waals surface area (Å²) in [5.41, 5.74) is -1.21. The van der Waals surface area contributed by atoms with Crippen LogP contribution in [0.15, 0.2) is 61.4 Å². The van der Waals surface area contributed by atoms with Crippen molar-refractivity contribution >= 4 is 33.6 Å². The molecule has 0 aliphatic carbocycles. The third-order valence-corrected chi connectivity index (χ3v) is 4.44. The Kier molecular flexibility index (Phi) is 3.92. The minimum absolute atomic E-state index is 0.160. The van der Waals surface area contributed by atoms with Gasteiger partial charge in [0.15, 0.2) is 0 Å². The predicted octanol–water partition coefficient (Wildman–Crippen LogP) is 0.991. The molecule has 9 nitrogen and oxygen atoms in total. The molecule has 3 heterocycles. The Morgan fingerprint density at radius 3 is 2.61 bits per heavy atom. The third kappa shape index (κ3) is 2.69. The number of benzene rings is 1. The Morgan fingerprint density at radius 1 is 1.07 bits per heavy atom. The second kappa shape index (κ2) is 6.31. The van der Waals surface area contributed by atoms with Crippen molar-refractivity contribution in [3.8, 4) is 0 Å². The van der Waals surface area contributed by atoms with E-state index in [2.05, 4.69) is 10.3 Å². The van der Waals surface area contributed by atoms with Crippen LogP contribution in [-0.4, -0.2) is 20.0 Å². The molecule has 4 rings (SSSR count). The number of aryl methyl sites for hydroxylation is 1. The summed E-state index contributed by atoms with van der Waals surface area (Å²) in [7, 11) is 2.85. The van der Waals surface area contributed by atoms with Gasteiger partial charge in [-0.25, -0.2) is 14.6 Å². The first-order valence-corrected chi connectivity index (χ1v) is 8.27. The van der Waals surface area contributed by atoms with Gasteiger partial charge in [0, 0.05) is 19.5 Å². The Hall–Kier alpha value is -4.01. The first-order chi connectivity index (χ1) is 13.4. The van der Waals surface area contributed by atoms with Gasteiger partial charge in [-0.15, -0.1) is 0 Å². The molecule has 9 heteroatoms. The Labute approximate surface area is 156 Å². The first kappa shape index (κ1) is 17.4. The molecule has 0 aliphatic rings. The molecule has 0 atom stereocenters. The predicted molar refractivity (Wildman–Crippen MR) is 103 cm³/mol. The van der Waals surface area contributed by atoms with Crippen molar-refractivity contribution in [2.45, 2.75) is 0 Å². The number of amides is 1. The molecule has 1 aromatic carbocycles. The van der Waals surface area contributed by atoms with Crippen molar-refractivity contribution in [1.29, 1.82) is 0 Å². The standard InChI is InChI=1S/C19H14N4O5/c1-22-15-12(17(25)23(2)19(22)27)8-11(9-20-15)21-16(24)13-7-10-5-3-4-6-14(10)28-18(13)26/h3-9H,1-2H3,(H,21,24). The molecular weight excluding hydrogens is 364 g/mol. The number of carbonyl (C=O) groups is 1. The van der Waals surface area contributed by atoms with Gasteiger partial charge in [-0.05, 0) is 18.2 Å². The summed E-state index contributed by atoms with van der Waals surface area (Å²) in [6, 6.07) is 9.68. The average Bonchev–Trinajstić information content (AvgIpc) is 2.70. The molecule has 0 saturated carbocycles. The maximum atomic E-state index is 12.6. The fraction of sp³-hybridized carbons (Fsp3) is 0.105. The van der Waals surface area contributed by atoms with E-state index in [1.54, 1.807) is 24.3 Å². The second-order valence-electron chi connectivity index (χ2n) is 6.24. The van der Waals surface area contributed by atoms with Crippen LogP contribution in [0.25, 0.3) is 22.0 Å². The minimum atomic E-state index is -0.775. The summed E-state index contributed by atoms with van der Waals surface area (Å²) < 4.78 is 7.35. The lowest BCUT2D eigenvalue weighted by Crippen LogP contribution is -2.37. The van der Waals surface area contributed by atoms with Crippen LogP contribution in [0.5, 0.6) is 0 Å². The summed E-state index contributed by atoms with van der Waals surface area (Å²) in [6.45, 7) is 0. The molecule has 0 saturated heterocycles. The SMILES string of the molecule is Cn1c(=O)c2cc(NC(=O)c3cc4ccccc4oc3=O)cnc2n(C)c1=O. The highest BCUT2D eigenvalue weighted by Crippen LogP contribution is 2.15. The number of carbonyl (C=O) groups excluding carboxylic acids is 1. The van der Waals surface area contributed by atoms with Gasteiger partial charge in [-0.2, -0.15) is 0 Å². The number of hydrogen-bond acceptors (Lipinski definition) is 6. The Balaban J connectivity index is 1.77. The number of anilines is 1. The fourth-order valence-electron chi connectivity index (χ4n) is 2.95. The highest BCUT2D eigenvalue weighted by molar-refractivity contribution is 6.05. The van der Waals surface area contributed by atoms with E-state index in [-0.39, 0.29) is 22.3 Å². The van der Waals surface area contributed by atoms with Crippen LogP contribution in [-0.2, 0) is 14.1 Å². The van der Waals surface area contributed by atoms with Gasteiger partial charge < -0.3 is 9.73 Å². The van der Waals surface area contributed by atoms with Crippen molar-refractivity contribution in [3.63, 3.8) is 0 Å². The van der Waals surface area contributed by atoms with E-state index in [4.69, 9.17) is 4.42 Å². The van der Waals surface area contributed by atoms with Gasteiger partial charge in [-0.1, -0.05) is 18.2 Å². The van der Waals surface area contributed by atoms with Gasteiger partial charge in [-0.3, -0.25) is 18.7 Å². The van der Waals surface area contributed by atoms with Gasteiger partial charge in [0.2, 0.25) is 0 Å². The van der Waals surface area contributed by atoms with Gasteiger partial charge in [0.25, 0.3) is 11.5 Å². The van der Waals surface area contributed by atoms with Crippen molar-refractivity contribution < 1.29 is 9.21 Å². The molecule has 1 amide bonds. The van der Waals surface area contributed by atoms with Crippen molar-refractivity contribution in [3.05, 3.63) is 79.4 Å². The van der Waals surface area contributed by atoms with Crippen LogP contribution < -0.4 is 22.2 Å². The zero-order chi connectivity index (χ0) is 20.0. The quantitative estimate of drug-likeness (QED) is 0.520. The van der Waals surface area contributed by atoms with Crippen LogP contribution in [0.3, 0.4) is 0 Å².